The van der Waals surface area contributed by atoms with E-state index in [0.717, 1.165) is 25.8 Å². The van der Waals surface area contributed by atoms with Crippen LogP contribution in [0, 0.1) is 0 Å². The molecule has 0 spiro atoms. The molecule has 1 amide bonds. The lowest BCUT2D eigenvalue weighted by Gasteiger charge is -2.21. The molecule has 0 N–H and O–H groups in total. The van der Waals surface area contributed by atoms with Gasteiger partial charge in [0, 0.05) is 24.9 Å². The van der Waals surface area contributed by atoms with Crippen LogP contribution in [0.1, 0.15) is 51.0 Å². The lowest BCUT2D eigenvalue weighted by molar-refractivity contribution is -0.131. The highest BCUT2D eigenvalue weighted by Gasteiger charge is 2.32. The molecule has 1 heterocycles. The lowest BCUT2D eigenvalue weighted by Crippen LogP contribution is -2.33. The monoisotopic (exact) mass is 245 g/mol. The van der Waals surface area contributed by atoms with Crippen LogP contribution in [0.2, 0.25) is 0 Å². The van der Waals surface area contributed by atoms with Crippen molar-refractivity contribution in [1.82, 2.24) is 4.90 Å². The van der Waals surface area contributed by atoms with E-state index >= 15 is 0 Å². The third kappa shape index (κ3) is 2.92. The van der Waals surface area contributed by atoms with Crippen molar-refractivity contribution in [2.75, 3.05) is 6.54 Å². The minimum absolute atomic E-state index is 0.336. The molecule has 18 heavy (non-hydrogen) atoms. The van der Waals surface area contributed by atoms with Crippen LogP contribution >= 0.6 is 0 Å². The van der Waals surface area contributed by atoms with Crippen LogP contribution in [0.4, 0.5) is 0 Å². The summed E-state index contributed by atoms with van der Waals surface area (Å²) in [5.41, 5.74) is 1.37. The molecule has 2 atom stereocenters. The lowest BCUT2D eigenvalue weighted by atomic mass is 9.97. The largest absolute Gasteiger partial charge is 0.339 e. The maximum absolute atomic E-state index is 12.1. The van der Waals surface area contributed by atoms with E-state index in [9.17, 15) is 4.79 Å². The number of likely N-dealkylation sites (tertiary alicyclic amines) is 1. The first kappa shape index (κ1) is 13.1. The van der Waals surface area contributed by atoms with Crippen molar-refractivity contribution in [3.05, 3.63) is 35.9 Å². The summed E-state index contributed by atoms with van der Waals surface area (Å²) in [4.78, 5) is 14.2. The first-order valence-electron chi connectivity index (χ1n) is 7.06. The Bertz CT molecular complexity index is 387. The molecule has 0 radical (unpaired) electrons. The first-order chi connectivity index (χ1) is 8.72. The first-order valence-corrected chi connectivity index (χ1v) is 7.06. The summed E-state index contributed by atoms with van der Waals surface area (Å²) >= 11 is 0. The zero-order chi connectivity index (χ0) is 13.0. The summed E-state index contributed by atoms with van der Waals surface area (Å²) in [6.45, 7) is 5.20. The Morgan fingerprint density at radius 1 is 1.33 bits per heavy atom. The summed E-state index contributed by atoms with van der Waals surface area (Å²) in [6.07, 6.45) is 3.92. The summed E-state index contributed by atoms with van der Waals surface area (Å²) in [5, 5.41) is 0. The Morgan fingerprint density at radius 3 is 2.72 bits per heavy atom. The van der Waals surface area contributed by atoms with E-state index in [1.54, 1.807) is 0 Å². The van der Waals surface area contributed by atoms with Crippen molar-refractivity contribution < 1.29 is 4.79 Å². The van der Waals surface area contributed by atoms with Crippen molar-refractivity contribution in [2.24, 2.45) is 0 Å². The predicted molar refractivity (Wildman–Crippen MR) is 74.5 cm³/mol. The number of carbonyl (C=O) groups excluding carboxylic acids is 1. The molecular formula is C16H23NO. The molecule has 1 aromatic carbocycles. The molecule has 1 aliphatic heterocycles. The molecule has 0 aromatic heterocycles. The van der Waals surface area contributed by atoms with E-state index in [-0.39, 0.29) is 0 Å². The average Bonchev–Trinajstić information content (AvgIpc) is 2.79. The van der Waals surface area contributed by atoms with E-state index in [1.807, 2.05) is 6.07 Å². The second-order valence-corrected chi connectivity index (χ2v) is 5.34. The molecule has 98 valence electrons. The van der Waals surface area contributed by atoms with Crippen molar-refractivity contribution in [3.8, 4) is 0 Å². The van der Waals surface area contributed by atoms with Gasteiger partial charge in [-0.15, -0.1) is 0 Å². The molecule has 0 saturated carbocycles. The van der Waals surface area contributed by atoms with E-state index in [4.69, 9.17) is 0 Å². The number of hydrogen-bond acceptors (Lipinski definition) is 1. The van der Waals surface area contributed by atoms with E-state index < -0.39 is 0 Å². The molecule has 0 bridgehead atoms. The Kier molecular flexibility index (Phi) is 4.40. The topological polar surface area (TPSA) is 20.3 Å². The molecular weight excluding hydrogens is 222 g/mol. The second kappa shape index (κ2) is 6.03. The van der Waals surface area contributed by atoms with E-state index in [2.05, 4.69) is 43.0 Å². The van der Waals surface area contributed by atoms with Crippen molar-refractivity contribution in [1.29, 1.82) is 0 Å². The number of nitrogens with zero attached hydrogens (tertiary/aromatic N) is 1. The highest BCUT2D eigenvalue weighted by atomic mass is 16.2. The number of amides is 1. The maximum Gasteiger partial charge on any atom is 0.222 e. The Hall–Kier alpha value is -1.31. The molecule has 2 unspecified atom stereocenters. The number of unbranched alkanes of at least 4 members (excludes halogenated alkanes) is 1. The predicted octanol–water partition coefficient (Wildman–Crippen LogP) is 3.58. The van der Waals surface area contributed by atoms with Crippen molar-refractivity contribution in [2.45, 2.75) is 51.5 Å². The van der Waals surface area contributed by atoms with Gasteiger partial charge in [0.15, 0.2) is 0 Å². The Balaban J connectivity index is 1.98. The molecule has 2 rings (SSSR count). The molecule has 1 fully saturated rings. The molecule has 1 aliphatic rings. The normalized spacial score (nSPS) is 23.3. The van der Waals surface area contributed by atoms with Crippen LogP contribution in [-0.4, -0.2) is 23.4 Å². The minimum Gasteiger partial charge on any atom is -0.339 e. The van der Waals surface area contributed by atoms with Gasteiger partial charge in [-0.2, -0.15) is 0 Å². The SMILES string of the molecule is CCCCC(=O)N1CC(c2ccccc2)CC1C. The van der Waals surface area contributed by atoms with Gasteiger partial charge in [0.05, 0.1) is 0 Å². The fourth-order valence-electron chi connectivity index (χ4n) is 2.82. The van der Waals surface area contributed by atoms with Gasteiger partial charge >= 0.3 is 0 Å². The van der Waals surface area contributed by atoms with Gasteiger partial charge in [0.25, 0.3) is 0 Å². The Morgan fingerprint density at radius 2 is 2.06 bits per heavy atom. The molecule has 1 saturated heterocycles. The molecule has 2 nitrogen and oxygen atoms in total. The van der Waals surface area contributed by atoms with Gasteiger partial charge in [-0.25, -0.2) is 0 Å². The van der Waals surface area contributed by atoms with Crippen LogP contribution in [0.5, 0.6) is 0 Å². The van der Waals surface area contributed by atoms with Crippen molar-refractivity contribution in [3.63, 3.8) is 0 Å². The number of rotatable bonds is 4. The van der Waals surface area contributed by atoms with Crippen molar-refractivity contribution >= 4 is 5.91 Å². The zero-order valence-corrected chi connectivity index (χ0v) is 11.4. The third-order valence-electron chi connectivity index (χ3n) is 3.91. The van der Waals surface area contributed by atoms with Gasteiger partial charge in [-0.1, -0.05) is 43.7 Å². The van der Waals surface area contributed by atoms with Crippen LogP contribution < -0.4 is 0 Å². The number of hydrogen-bond donors (Lipinski definition) is 0. The van der Waals surface area contributed by atoms with Gasteiger partial charge in [0.1, 0.15) is 0 Å². The maximum atomic E-state index is 12.1. The quantitative estimate of drug-likeness (QED) is 0.794. The fraction of sp³-hybridized carbons (Fsp3) is 0.562. The summed E-state index contributed by atoms with van der Waals surface area (Å²) in [6, 6.07) is 11.0. The van der Waals surface area contributed by atoms with Gasteiger partial charge in [-0.05, 0) is 25.3 Å². The van der Waals surface area contributed by atoms with E-state index in [1.165, 1.54) is 5.56 Å². The molecule has 0 aliphatic carbocycles. The molecule has 1 aromatic rings. The smallest absolute Gasteiger partial charge is 0.222 e. The summed E-state index contributed by atoms with van der Waals surface area (Å²) in [5.74, 6) is 0.856. The number of carbonyl (C=O) groups is 1. The summed E-state index contributed by atoms with van der Waals surface area (Å²) in [7, 11) is 0. The van der Waals surface area contributed by atoms with Gasteiger partial charge in [-0.3, -0.25) is 4.79 Å². The average molecular weight is 245 g/mol. The Labute approximate surface area is 110 Å². The zero-order valence-electron chi connectivity index (χ0n) is 11.4. The van der Waals surface area contributed by atoms with E-state index in [0.29, 0.717) is 24.3 Å². The van der Waals surface area contributed by atoms with Gasteiger partial charge in [0.2, 0.25) is 5.91 Å². The van der Waals surface area contributed by atoms with Gasteiger partial charge < -0.3 is 4.90 Å². The second-order valence-electron chi connectivity index (χ2n) is 5.34. The highest BCUT2D eigenvalue weighted by Crippen LogP contribution is 2.31. The molecule has 2 heteroatoms. The van der Waals surface area contributed by atoms with Crippen LogP contribution in [0.25, 0.3) is 0 Å². The van der Waals surface area contributed by atoms with Crippen LogP contribution in [0.15, 0.2) is 30.3 Å². The minimum atomic E-state index is 0.336. The highest BCUT2D eigenvalue weighted by molar-refractivity contribution is 5.77. The standard InChI is InChI=1S/C16H23NO/c1-3-4-10-16(18)17-12-15(11-13(17)2)14-8-6-5-7-9-14/h5-9,13,15H,3-4,10-12H2,1-2H3. The fourth-order valence-corrected chi connectivity index (χ4v) is 2.82. The number of benzene rings is 1. The van der Waals surface area contributed by atoms with Crippen LogP contribution in [0.3, 0.4) is 0 Å². The summed E-state index contributed by atoms with van der Waals surface area (Å²) < 4.78 is 0. The van der Waals surface area contributed by atoms with Crippen LogP contribution in [-0.2, 0) is 4.79 Å². The third-order valence-corrected chi connectivity index (χ3v) is 3.91.